The zero-order valence-corrected chi connectivity index (χ0v) is 12.3. The highest BCUT2D eigenvalue weighted by atomic mass is 16.6. The molecule has 110 valence electrons. The molecule has 19 heavy (non-hydrogen) atoms. The van der Waals surface area contributed by atoms with Gasteiger partial charge in [-0.3, -0.25) is 9.59 Å². The fourth-order valence-corrected chi connectivity index (χ4v) is 2.37. The highest BCUT2D eigenvalue weighted by molar-refractivity contribution is 5.77. The number of carbonyl (C=O) groups is 2. The van der Waals surface area contributed by atoms with Gasteiger partial charge in [0.05, 0.1) is 12.8 Å². The number of ether oxygens (including phenoxy) is 2. The van der Waals surface area contributed by atoms with Gasteiger partial charge in [0.2, 0.25) is 0 Å². The van der Waals surface area contributed by atoms with E-state index in [4.69, 9.17) is 9.47 Å². The Balaban J connectivity index is 2.19. The first-order valence-corrected chi connectivity index (χ1v) is 7.41. The Bertz CT molecular complexity index is 293. The summed E-state index contributed by atoms with van der Waals surface area (Å²) in [5, 5.41) is 0. The lowest BCUT2D eigenvalue weighted by Crippen LogP contribution is -2.23. The van der Waals surface area contributed by atoms with Crippen molar-refractivity contribution in [1.29, 1.82) is 0 Å². The van der Waals surface area contributed by atoms with Gasteiger partial charge in [-0.25, -0.2) is 0 Å². The second-order valence-corrected chi connectivity index (χ2v) is 5.58. The van der Waals surface area contributed by atoms with E-state index in [2.05, 4.69) is 0 Å². The lowest BCUT2D eigenvalue weighted by Gasteiger charge is -2.19. The highest BCUT2D eigenvalue weighted by Crippen LogP contribution is 2.21. The molecule has 1 aliphatic carbocycles. The molecule has 1 unspecified atom stereocenters. The van der Waals surface area contributed by atoms with Crippen molar-refractivity contribution in [3.05, 3.63) is 0 Å². The first-order valence-electron chi connectivity index (χ1n) is 7.41. The first kappa shape index (κ1) is 16.0. The molecule has 0 amide bonds. The molecule has 1 saturated carbocycles. The fourth-order valence-electron chi connectivity index (χ4n) is 2.37. The third-order valence-electron chi connectivity index (χ3n) is 3.56. The van der Waals surface area contributed by atoms with Crippen molar-refractivity contribution in [2.45, 2.75) is 77.9 Å². The molecule has 0 heterocycles. The number of esters is 2. The number of rotatable bonds is 7. The third kappa shape index (κ3) is 6.08. The summed E-state index contributed by atoms with van der Waals surface area (Å²) in [7, 11) is 0. The van der Waals surface area contributed by atoms with Crippen molar-refractivity contribution in [2.24, 2.45) is 5.92 Å². The lowest BCUT2D eigenvalue weighted by atomic mass is 10.1. The molecule has 0 N–H and O–H groups in total. The SMILES string of the molecule is CCC(OC(=O)CCC(=O)OC1CCCC1)C(C)C. The maximum absolute atomic E-state index is 11.6. The normalized spacial score (nSPS) is 17.5. The molecule has 0 saturated heterocycles. The molecule has 0 aromatic heterocycles. The second-order valence-electron chi connectivity index (χ2n) is 5.58. The Hall–Kier alpha value is -1.06. The van der Waals surface area contributed by atoms with E-state index in [1.807, 2.05) is 20.8 Å². The van der Waals surface area contributed by atoms with Gasteiger partial charge in [-0.1, -0.05) is 20.8 Å². The number of hydrogen-bond acceptors (Lipinski definition) is 4. The summed E-state index contributed by atoms with van der Waals surface area (Å²) in [6.07, 6.45) is 5.25. The number of hydrogen-bond donors (Lipinski definition) is 0. The summed E-state index contributed by atoms with van der Waals surface area (Å²) in [6, 6.07) is 0. The van der Waals surface area contributed by atoms with Gasteiger partial charge in [-0.15, -0.1) is 0 Å². The maximum atomic E-state index is 11.6. The molecule has 1 aliphatic rings. The molecule has 1 fully saturated rings. The minimum absolute atomic E-state index is 0.0571. The van der Waals surface area contributed by atoms with Crippen LogP contribution >= 0.6 is 0 Å². The van der Waals surface area contributed by atoms with Crippen LogP contribution in [0.25, 0.3) is 0 Å². The molecule has 4 heteroatoms. The maximum Gasteiger partial charge on any atom is 0.306 e. The first-order chi connectivity index (χ1) is 9.02. The second kappa shape index (κ2) is 8.18. The van der Waals surface area contributed by atoms with Crippen molar-refractivity contribution in [1.82, 2.24) is 0 Å². The zero-order chi connectivity index (χ0) is 14.3. The quantitative estimate of drug-likeness (QED) is 0.666. The lowest BCUT2D eigenvalue weighted by molar-refractivity contribution is -0.157. The molecule has 0 aromatic rings. The predicted molar refractivity (Wildman–Crippen MR) is 72.6 cm³/mol. The highest BCUT2D eigenvalue weighted by Gasteiger charge is 2.21. The average Bonchev–Trinajstić information content (AvgIpc) is 2.85. The predicted octanol–water partition coefficient (Wildman–Crippen LogP) is 3.23. The van der Waals surface area contributed by atoms with Gasteiger partial charge in [-0.2, -0.15) is 0 Å². The van der Waals surface area contributed by atoms with E-state index in [1.54, 1.807) is 0 Å². The molecule has 4 nitrogen and oxygen atoms in total. The van der Waals surface area contributed by atoms with Gasteiger partial charge in [0.25, 0.3) is 0 Å². The van der Waals surface area contributed by atoms with Crippen molar-refractivity contribution in [3.8, 4) is 0 Å². The molecule has 0 aliphatic heterocycles. The smallest absolute Gasteiger partial charge is 0.306 e. The third-order valence-corrected chi connectivity index (χ3v) is 3.56. The van der Waals surface area contributed by atoms with E-state index < -0.39 is 0 Å². The minimum Gasteiger partial charge on any atom is -0.462 e. The standard InChI is InChI=1S/C15H26O4/c1-4-13(11(2)3)19-15(17)10-9-14(16)18-12-7-5-6-8-12/h11-13H,4-10H2,1-3H3. The molecule has 0 radical (unpaired) electrons. The van der Waals surface area contributed by atoms with Crippen LogP contribution in [0, 0.1) is 5.92 Å². The molecular weight excluding hydrogens is 244 g/mol. The summed E-state index contributed by atoms with van der Waals surface area (Å²) in [5.74, 6) is -0.273. The molecule has 0 aromatic carbocycles. The molecule has 0 bridgehead atoms. The Morgan fingerprint density at radius 3 is 2.21 bits per heavy atom. The van der Waals surface area contributed by atoms with Crippen molar-refractivity contribution >= 4 is 11.9 Å². The van der Waals surface area contributed by atoms with Crippen LogP contribution in [0.1, 0.15) is 65.7 Å². The average molecular weight is 270 g/mol. The summed E-state index contributed by atoms with van der Waals surface area (Å²) in [6.45, 7) is 6.04. The van der Waals surface area contributed by atoms with Crippen LogP contribution in [-0.4, -0.2) is 24.1 Å². The summed E-state index contributed by atoms with van der Waals surface area (Å²) in [5.41, 5.74) is 0. The van der Waals surface area contributed by atoms with E-state index in [-0.39, 0.29) is 37.0 Å². The van der Waals surface area contributed by atoms with E-state index in [0.29, 0.717) is 5.92 Å². The monoisotopic (exact) mass is 270 g/mol. The number of carbonyl (C=O) groups excluding carboxylic acids is 2. The topological polar surface area (TPSA) is 52.6 Å². The van der Waals surface area contributed by atoms with Gasteiger partial charge in [0.15, 0.2) is 0 Å². The fraction of sp³-hybridized carbons (Fsp3) is 0.867. The molecule has 1 atom stereocenters. The van der Waals surface area contributed by atoms with Gasteiger partial charge >= 0.3 is 11.9 Å². The van der Waals surface area contributed by atoms with Crippen molar-refractivity contribution in [2.75, 3.05) is 0 Å². The van der Waals surface area contributed by atoms with Crippen LogP contribution in [0.2, 0.25) is 0 Å². The van der Waals surface area contributed by atoms with Crippen molar-refractivity contribution in [3.63, 3.8) is 0 Å². The largest absolute Gasteiger partial charge is 0.462 e. The van der Waals surface area contributed by atoms with E-state index in [0.717, 1.165) is 32.1 Å². The minimum atomic E-state index is -0.302. The zero-order valence-electron chi connectivity index (χ0n) is 12.3. The van der Waals surface area contributed by atoms with Crippen molar-refractivity contribution < 1.29 is 19.1 Å². The van der Waals surface area contributed by atoms with Gasteiger partial charge in [0.1, 0.15) is 12.2 Å². The molecular formula is C15H26O4. The van der Waals surface area contributed by atoms with E-state index >= 15 is 0 Å². The van der Waals surface area contributed by atoms with Gasteiger partial charge in [-0.05, 0) is 38.0 Å². The van der Waals surface area contributed by atoms with E-state index in [9.17, 15) is 9.59 Å². The van der Waals surface area contributed by atoms with E-state index in [1.165, 1.54) is 0 Å². The van der Waals surface area contributed by atoms with Crippen LogP contribution in [0.15, 0.2) is 0 Å². The summed E-state index contributed by atoms with van der Waals surface area (Å²) in [4.78, 5) is 23.2. The van der Waals surface area contributed by atoms with Crippen LogP contribution in [-0.2, 0) is 19.1 Å². The Kier molecular flexibility index (Phi) is 6.89. The molecule has 1 rings (SSSR count). The Morgan fingerprint density at radius 2 is 1.68 bits per heavy atom. The van der Waals surface area contributed by atoms with Gasteiger partial charge in [0, 0.05) is 0 Å². The summed E-state index contributed by atoms with van der Waals surface area (Å²) >= 11 is 0. The van der Waals surface area contributed by atoms with Crippen LogP contribution in [0.5, 0.6) is 0 Å². The van der Waals surface area contributed by atoms with Crippen LogP contribution in [0.3, 0.4) is 0 Å². The van der Waals surface area contributed by atoms with Crippen LogP contribution < -0.4 is 0 Å². The summed E-state index contributed by atoms with van der Waals surface area (Å²) < 4.78 is 10.6. The van der Waals surface area contributed by atoms with Crippen LogP contribution in [0.4, 0.5) is 0 Å². The Labute approximate surface area is 115 Å². The molecule has 0 spiro atoms. The Morgan fingerprint density at radius 1 is 1.11 bits per heavy atom. The van der Waals surface area contributed by atoms with Gasteiger partial charge < -0.3 is 9.47 Å².